The van der Waals surface area contributed by atoms with Crippen molar-refractivity contribution in [3.05, 3.63) is 70.8 Å². The van der Waals surface area contributed by atoms with E-state index in [0.717, 1.165) is 50.2 Å². The zero-order valence-corrected chi connectivity index (χ0v) is 17.4. The molecule has 0 unspecified atom stereocenters. The number of benzene rings is 2. The molecule has 5 nitrogen and oxygen atoms in total. The molecule has 0 aliphatic carbocycles. The number of piperidine rings is 1. The van der Waals surface area contributed by atoms with Crippen LogP contribution in [0.5, 0.6) is 0 Å². The molecule has 30 heavy (non-hydrogen) atoms. The van der Waals surface area contributed by atoms with Crippen LogP contribution in [-0.4, -0.2) is 41.7 Å². The zero-order chi connectivity index (χ0) is 21.3. The largest absolute Gasteiger partial charge is 0.393 e. The summed E-state index contributed by atoms with van der Waals surface area (Å²) < 4.78 is 27.1. The van der Waals surface area contributed by atoms with Crippen LogP contribution in [0.15, 0.2) is 47.5 Å². The second-order valence-corrected chi connectivity index (χ2v) is 7.61. The maximum absolute atomic E-state index is 13.8. The second-order valence-electron chi connectivity index (χ2n) is 7.61. The summed E-state index contributed by atoms with van der Waals surface area (Å²) >= 11 is 0. The van der Waals surface area contributed by atoms with Gasteiger partial charge in [-0.1, -0.05) is 24.3 Å². The van der Waals surface area contributed by atoms with Crippen LogP contribution in [-0.2, 0) is 19.6 Å². The second kappa shape index (κ2) is 11.0. The van der Waals surface area contributed by atoms with E-state index in [1.54, 1.807) is 0 Å². The number of halogens is 2. The summed E-state index contributed by atoms with van der Waals surface area (Å²) in [4.78, 5) is 6.90. The highest BCUT2D eigenvalue weighted by Crippen LogP contribution is 2.14. The van der Waals surface area contributed by atoms with Crippen LogP contribution in [0.25, 0.3) is 0 Å². The maximum atomic E-state index is 13.8. The Kier molecular flexibility index (Phi) is 8.16. The lowest BCUT2D eigenvalue weighted by atomic mass is 10.1. The summed E-state index contributed by atoms with van der Waals surface area (Å²) in [6, 6.07) is 11.8. The summed E-state index contributed by atoms with van der Waals surface area (Å²) in [5.74, 6) is -0.355. The first-order valence-electron chi connectivity index (χ1n) is 10.5. The molecule has 0 spiro atoms. The van der Waals surface area contributed by atoms with Crippen LogP contribution in [0.3, 0.4) is 0 Å². The van der Waals surface area contributed by atoms with Crippen molar-refractivity contribution in [3.63, 3.8) is 0 Å². The smallest absolute Gasteiger partial charge is 0.191 e. The lowest BCUT2D eigenvalue weighted by molar-refractivity contribution is 0.0792. The van der Waals surface area contributed by atoms with Crippen LogP contribution in [0.1, 0.15) is 36.5 Å². The van der Waals surface area contributed by atoms with Gasteiger partial charge >= 0.3 is 0 Å². The fourth-order valence-electron chi connectivity index (χ4n) is 3.46. The summed E-state index contributed by atoms with van der Waals surface area (Å²) in [6.07, 6.45) is 1.53. The first kappa shape index (κ1) is 22.2. The Morgan fingerprint density at radius 1 is 1.07 bits per heavy atom. The maximum Gasteiger partial charge on any atom is 0.191 e. The molecule has 2 aromatic carbocycles. The quantitative estimate of drug-likeness (QED) is 0.479. The van der Waals surface area contributed by atoms with Gasteiger partial charge in [-0.3, -0.25) is 4.90 Å². The number of aliphatic hydroxyl groups excluding tert-OH is 1. The Labute approximate surface area is 176 Å². The summed E-state index contributed by atoms with van der Waals surface area (Å²) in [5.41, 5.74) is 2.57. The standard InChI is InChI=1S/C23H30F2N4O/c1-2-26-23(28-15-19-13-20(24)7-8-22(19)25)27-14-17-3-5-18(6-4-17)16-29-11-9-21(30)10-12-29/h3-8,13,21,30H,2,9-12,14-16H2,1H3,(H2,26,27,28). The van der Waals surface area contributed by atoms with Crippen molar-refractivity contribution in [1.29, 1.82) is 0 Å². The van der Waals surface area contributed by atoms with Gasteiger partial charge in [-0.15, -0.1) is 0 Å². The van der Waals surface area contributed by atoms with Crippen molar-refractivity contribution in [1.82, 2.24) is 15.5 Å². The van der Waals surface area contributed by atoms with E-state index in [4.69, 9.17) is 0 Å². The monoisotopic (exact) mass is 416 g/mol. The highest BCUT2D eigenvalue weighted by molar-refractivity contribution is 5.79. The van der Waals surface area contributed by atoms with Gasteiger partial charge in [-0.05, 0) is 49.1 Å². The SMILES string of the molecule is CCNC(=NCc1ccc(CN2CCC(O)CC2)cc1)NCc1cc(F)ccc1F. The lowest BCUT2D eigenvalue weighted by Gasteiger charge is -2.29. The zero-order valence-electron chi connectivity index (χ0n) is 17.4. The van der Waals surface area contributed by atoms with Crippen LogP contribution in [0.2, 0.25) is 0 Å². The minimum atomic E-state index is -0.462. The van der Waals surface area contributed by atoms with E-state index in [-0.39, 0.29) is 18.2 Å². The van der Waals surface area contributed by atoms with Gasteiger partial charge < -0.3 is 15.7 Å². The molecule has 2 aromatic rings. The summed E-state index contributed by atoms with van der Waals surface area (Å²) in [5, 5.41) is 15.8. The molecule has 1 saturated heterocycles. The van der Waals surface area contributed by atoms with Crippen molar-refractivity contribution in [3.8, 4) is 0 Å². The van der Waals surface area contributed by atoms with Gasteiger partial charge in [-0.2, -0.15) is 0 Å². The first-order valence-corrected chi connectivity index (χ1v) is 10.5. The molecule has 0 atom stereocenters. The number of aliphatic hydroxyl groups is 1. The van der Waals surface area contributed by atoms with E-state index in [9.17, 15) is 13.9 Å². The third-order valence-corrected chi connectivity index (χ3v) is 5.20. The third kappa shape index (κ3) is 6.78. The number of aliphatic imine (C=N–C) groups is 1. The molecular weight excluding hydrogens is 386 g/mol. The molecule has 1 fully saturated rings. The molecule has 7 heteroatoms. The molecule has 0 bridgehead atoms. The third-order valence-electron chi connectivity index (χ3n) is 5.20. The summed E-state index contributed by atoms with van der Waals surface area (Å²) in [6.45, 7) is 6.00. The minimum absolute atomic E-state index is 0.152. The Morgan fingerprint density at radius 2 is 1.77 bits per heavy atom. The molecule has 0 aromatic heterocycles. The average Bonchev–Trinajstić information content (AvgIpc) is 2.75. The number of nitrogens with zero attached hydrogens (tertiary/aromatic N) is 2. The van der Waals surface area contributed by atoms with Crippen LogP contribution < -0.4 is 10.6 Å². The highest BCUT2D eigenvalue weighted by Gasteiger charge is 2.16. The molecule has 1 heterocycles. The average molecular weight is 417 g/mol. The predicted molar refractivity (Wildman–Crippen MR) is 115 cm³/mol. The van der Waals surface area contributed by atoms with Gasteiger partial charge in [0.05, 0.1) is 12.6 Å². The van der Waals surface area contributed by atoms with Gasteiger partial charge in [0, 0.05) is 38.3 Å². The molecule has 1 aliphatic rings. The van der Waals surface area contributed by atoms with E-state index >= 15 is 0 Å². The number of guanidine groups is 1. The molecule has 0 amide bonds. The van der Waals surface area contributed by atoms with E-state index in [2.05, 4.69) is 44.8 Å². The van der Waals surface area contributed by atoms with Crippen LogP contribution >= 0.6 is 0 Å². The number of likely N-dealkylation sites (tertiary alicyclic amines) is 1. The highest BCUT2D eigenvalue weighted by atomic mass is 19.1. The van der Waals surface area contributed by atoms with E-state index < -0.39 is 11.6 Å². The van der Waals surface area contributed by atoms with Crippen LogP contribution in [0.4, 0.5) is 8.78 Å². The Hall–Kier alpha value is -2.51. The molecule has 3 N–H and O–H groups in total. The van der Waals surface area contributed by atoms with E-state index in [1.165, 1.54) is 11.6 Å². The van der Waals surface area contributed by atoms with E-state index in [0.29, 0.717) is 19.0 Å². The van der Waals surface area contributed by atoms with Gasteiger partial charge in [0.2, 0.25) is 0 Å². The lowest BCUT2D eigenvalue weighted by Crippen LogP contribution is -2.37. The molecule has 1 aliphatic heterocycles. The van der Waals surface area contributed by atoms with Crippen molar-refractivity contribution in [2.45, 2.75) is 45.5 Å². The Bertz CT molecular complexity index is 834. The Balaban J connectivity index is 1.54. The Morgan fingerprint density at radius 3 is 2.47 bits per heavy atom. The number of nitrogens with one attached hydrogen (secondary N) is 2. The molecule has 3 rings (SSSR count). The van der Waals surface area contributed by atoms with Gasteiger partial charge in [0.15, 0.2) is 5.96 Å². The fraction of sp³-hybridized carbons (Fsp3) is 0.435. The van der Waals surface area contributed by atoms with Gasteiger partial charge in [0.25, 0.3) is 0 Å². The van der Waals surface area contributed by atoms with Gasteiger partial charge in [0.1, 0.15) is 11.6 Å². The number of rotatable bonds is 7. The molecule has 0 radical (unpaired) electrons. The predicted octanol–water partition coefficient (Wildman–Crippen LogP) is 3.18. The van der Waals surface area contributed by atoms with Crippen molar-refractivity contribution >= 4 is 5.96 Å². The van der Waals surface area contributed by atoms with E-state index in [1.807, 2.05) is 6.92 Å². The minimum Gasteiger partial charge on any atom is -0.393 e. The molecule has 0 saturated carbocycles. The van der Waals surface area contributed by atoms with Crippen molar-refractivity contribution < 1.29 is 13.9 Å². The fourth-order valence-corrected chi connectivity index (χ4v) is 3.46. The van der Waals surface area contributed by atoms with Gasteiger partial charge in [-0.25, -0.2) is 13.8 Å². The van der Waals surface area contributed by atoms with Crippen molar-refractivity contribution in [2.24, 2.45) is 4.99 Å². The molecule has 162 valence electrons. The topological polar surface area (TPSA) is 59.9 Å². The van der Waals surface area contributed by atoms with Crippen molar-refractivity contribution in [2.75, 3.05) is 19.6 Å². The summed E-state index contributed by atoms with van der Waals surface area (Å²) in [7, 11) is 0. The number of hydrogen-bond donors (Lipinski definition) is 3. The van der Waals surface area contributed by atoms with Crippen LogP contribution in [0, 0.1) is 11.6 Å². The normalized spacial score (nSPS) is 15.9. The first-order chi connectivity index (χ1) is 14.5. The molecular formula is C23H30F2N4O. The number of hydrogen-bond acceptors (Lipinski definition) is 3.